The average Bonchev–Trinajstić information content (AvgIpc) is 3.72. The number of hydrogen-bond donors (Lipinski definition) is 0. The third-order valence-electron chi connectivity index (χ3n) is 7.45. The standard InChI is InChI=1S/C30H33FN8O3S/c1-18-27(35-36-39(18)23-8-10-37(11-9-23)29(40)42-30(3,4)5)20-12-26(41-19(2)25-7-6-22(31)14-32-25)28-24(15-33-38(28)16-20)21-13-34-43-17-21/h6-7,12-17,19,23H,8-11H2,1-5H3. The molecule has 0 saturated carbocycles. The van der Waals surface area contributed by atoms with Crippen molar-refractivity contribution in [3.05, 3.63) is 65.6 Å². The summed E-state index contributed by atoms with van der Waals surface area (Å²) in [6, 6.07) is 5.03. The molecule has 5 aromatic heterocycles. The summed E-state index contributed by atoms with van der Waals surface area (Å²) in [5, 5.41) is 15.7. The van der Waals surface area contributed by atoms with E-state index in [0.717, 1.165) is 40.7 Å². The maximum absolute atomic E-state index is 13.5. The molecule has 1 aliphatic heterocycles. The van der Waals surface area contributed by atoms with Crippen molar-refractivity contribution in [3.8, 4) is 28.1 Å². The number of hydrogen-bond acceptors (Lipinski definition) is 9. The Morgan fingerprint density at radius 3 is 2.60 bits per heavy atom. The largest absolute Gasteiger partial charge is 0.482 e. The molecule has 1 unspecified atom stereocenters. The molecule has 0 aromatic carbocycles. The van der Waals surface area contributed by atoms with E-state index < -0.39 is 17.5 Å². The Bertz CT molecular complexity index is 1740. The van der Waals surface area contributed by atoms with Crippen LogP contribution in [0.4, 0.5) is 9.18 Å². The van der Waals surface area contributed by atoms with Crippen LogP contribution in [-0.2, 0) is 4.74 Å². The molecule has 1 saturated heterocycles. The van der Waals surface area contributed by atoms with Gasteiger partial charge in [0.05, 0.1) is 29.8 Å². The number of rotatable bonds is 6. The molecule has 0 radical (unpaired) electrons. The molecule has 0 bridgehead atoms. The molecule has 0 aliphatic carbocycles. The fraction of sp³-hybridized carbons (Fsp3) is 0.400. The van der Waals surface area contributed by atoms with Gasteiger partial charge in [0.1, 0.15) is 34.5 Å². The lowest BCUT2D eigenvalue weighted by Crippen LogP contribution is -2.42. The van der Waals surface area contributed by atoms with Crippen LogP contribution < -0.4 is 4.74 Å². The summed E-state index contributed by atoms with van der Waals surface area (Å²) < 4.78 is 33.5. The fourth-order valence-electron chi connectivity index (χ4n) is 5.31. The summed E-state index contributed by atoms with van der Waals surface area (Å²) in [6.07, 6.45) is 7.43. The van der Waals surface area contributed by atoms with Crippen LogP contribution in [0.2, 0.25) is 0 Å². The summed E-state index contributed by atoms with van der Waals surface area (Å²) in [5.41, 5.74) is 5.07. The zero-order valence-electron chi connectivity index (χ0n) is 24.7. The highest BCUT2D eigenvalue weighted by Crippen LogP contribution is 2.38. The minimum atomic E-state index is -0.530. The van der Waals surface area contributed by atoms with E-state index >= 15 is 0 Å². The Kier molecular flexibility index (Phi) is 7.59. The third kappa shape index (κ3) is 5.94. The average molecular weight is 605 g/mol. The number of fused-ring (bicyclic) bond motifs is 1. The number of halogens is 1. The lowest BCUT2D eigenvalue weighted by Gasteiger charge is -2.33. The maximum atomic E-state index is 13.5. The van der Waals surface area contributed by atoms with E-state index in [0.29, 0.717) is 30.2 Å². The van der Waals surface area contributed by atoms with Crippen molar-refractivity contribution in [1.29, 1.82) is 0 Å². The van der Waals surface area contributed by atoms with Gasteiger partial charge >= 0.3 is 6.09 Å². The second-order valence-electron chi connectivity index (χ2n) is 11.7. The summed E-state index contributed by atoms with van der Waals surface area (Å²) in [5.74, 6) is 0.173. The SMILES string of the molecule is Cc1c(-c2cc(OC(C)c3ccc(F)cn3)c3c(-c4cnsc4)cnn3c2)nnn1C1CCN(C(=O)OC(C)(C)C)CC1. The number of likely N-dealkylation sites (tertiary alicyclic amines) is 1. The van der Waals surface area contributed by atoms with Gasteiger partial charge in [0.2, 0.25) is 0 Å². The molecular formula is C30H33FN8O3S. The van der Waals surface area contributed by atoms with E-state index in [-0.39, 0.29) is 12.1 Å². The molecule has 1 amide bonds. The van der Waals surface area contributed by atoms with Crippen LogP contribution in [0.5, 0.6) is 5.75 Å². The lowest BCUT2D eigenvalue weighted by molar-refractivity contribution is 0.0183. The smallest absolute Gasteiger partial charge is 0.410 e. The highest BCUT2D eigenvalue weighted by atomic mass is 32.1. The predicted octanol–water partition coefficient (Wildman–Crippen LogP) is 6.27. The monoisotopic (exact) mass is 604 g/mol. The number of ether oxygens (including phenoxy) is 2. The third-order valence-corrected chi connectivity index (χ3v) is 8.04. The van der Waals surface area contributed by atoms with Crippen molar-refractivity contribution >= 4 is 23.1 Å². The van der Waals surface area contributed by atoms with E-state index in [4.69, 9.17) is 9.47 Å². The van der Waals surface area contributed by atoms with E-state index in [2.05, 4.69) is 24.8 Å². The molecule has 0 N–H and O–H groups in total. The van der Waals surface area contributed by atoms with E-state index in [1.807, 2.05) is 56.9 Å². The van der Waals surface area contributed by atoms with Crippen LogP contribution in [0.1, 0.15) is 64.1 Å². The topological polar surface area (TPSA) is 113 Å². The van der Waals surface area contributed by atoms with E-state index in [1.165, 1.54) is 23.8 Å². The van der Waals surface area contributed by atoms with Gasteiger partial charge in [0.15, 0.2) is 0 Å². The van der Waals surface area contributed by atoms with Gasteiger partial charge < -0.3 is 14.4 Å². The second-order valence-corrected chi connectivity index (χ2v) is 12.3. The number of amides is 1. The maximum Gasteiger partial charge on any atom is 0.410 e. The molecule has 11 nitrogen and oxygen atoms in total. The second kappa shape index (κ2) is 11.4. The van der Waals surface area contributed by atoms with Gasteiger partial charge in [0.25, 0.3) is 0 Å². The van der Waals surface area contributed by atoms with E-state index in [9.17, 15) is 9.18 Å². The normalized spacial score (nSPS) is 15.2. The van der Waals surface area contributed by atoms with Gasteiger partial charge in [-0.3, -0.25) is 4.98 Å². The Labute approximate surface area is 252 Å². The van der Waals surface area contributed by atoms with Gasteiger partial charge in [-0.05, 0) is 77.2 Å². The molecule has 1 atom stereocenters. The van der Waals surface area contributed by atoms with E-state index in [1.54, 1.807) is 27.9 Å². The summed E-state index contributed by atoms with van der Waals surface area (Å²) in [6.45, 7) is 10.6. The molecule has 43 heavy (non-hydrogen) atoms. The number of pyridine rings is 2. The molecule has 5 aromatic rings. The van der Waals surface area contributed by atoms with Gasteiger partial charge in [0, 0.05) is 47.6 Å². The first-order valence-electron chi connectivity index (χ1n) is 14.2. The van der Waals surface area contributed by atoms with Crippen LogP contribution >= 0.6 is 11.5 Å². The Balaban J connectivity index is 1.30. The van der Waals surface area contributed by atoms with Crippen molar-refractivity contribution in [2.75, 3.05) is 13.1 Å². The van der Waals surface area contributed by atoms with Crippen molar-refractivity contribution in [2.45, 2.75) is 65.2 Å². The van der Waals surface area contributed by atoms with Gasteiger partial charge in [-0.15, -0.1) is 5.10 Å². The molecule has 1 aliphatic rings. The number of piperidine rings is 1. The first-order valence-corrected chi connectivity index (χ1v) is 15.0. The quantitative estimate of drug-likeness (QED) is 0.223. The minimum Gasteiger partial charge on any atom is -0.482 e. The zero-order chi connectivity index (χ0) is 30.3. The van der Waals surface area contributed by atoms with Crippen LogP contribution in [0, 0.1) is 12.7 Å². The van der Waals surface area contributed by atoms with Crippen LogP contribution in [0.15, 0.2) is 48.4 Å². The zero-order valence-corrected chi connectivity index (χ0v) is 25.5. The molecule has 1 fully saturated rings. The van der Waals surface area contributed by atoms with Gasteiger partial charge in [-0.25, -0.2) is 22.8 Å². The van der Waals surface area contributed by atoms with Crippen molar-refractivity contribution in [2.24, 2.45) is 0 Å². The lowest BCUT2D eigenvalue weighted by atomic mass is 10.0. The predicted molar refractivity (Wildman–Crippen MR) is 159 cm³/mol. The van der Waals surface area contributed by atoms with Gasteiger partial charge in [-0.1, -0.05) is 5.21 Å². The first kappa shape index (κ1) is 28.7. The highest BCUT2D eigenvalue weighted by molar-refractivity contribution is 7.03. The number of carbonyl (C=O) groups is 1. The van der Waals surface area contributed by atoms with Crippen molar-refractivity contribution in [1.82, 2.24) is 38.9 Å². The first-order chi connectivity index (χ1) is 20.6. The number of carbonyl (C=O) groups excluding carboxylic acids is 1. The highest BCUT2D eigenvalue weighted by Gasteiger charge is 2.29. The van der Waals surface area contributed by atoms with Crippen molar-refractivity contribution in [3.63, 3.8) is 0 Å². The van der Waals surface area contributed by atoms with Crippen LogP contribution in [0.25, 0.3) is 27.9 Å². The summed E-state index contributed by atoms with van der Waals surface area (Å²) in [4.78, 5) is 18.5. The summed E-state index contributed by atoms with van der Waals surface area (Å²) >= 11 is 1.36. The Morgan fingerprint density at radius 1 is 1.14 bits per heavy atom. The number of aromatic nitrogens is 7. The summed E-state index contributed by atoms with van der Waals surface area (Å²) in [7, 11) is 0. The fourth-order valence-corrected chi connectivity index (χ4v) is 5.84. The van der Waals surface area contributed by atoms with Gasteiger partial charge in [-0.2, -0.15) is 5.10 Å². The minimum absolute atomic E-state index is 0.103. The molecular weight excluding hydrogens is 571 g/mol. The molecule has 224 valence electrons. The Morgan fingerprint density at radius 2 is 1.93 bits per heavy atom. The molecule has 13 heteroatoms. The Hall–Kier alpha value is -4.39. The van der Waals surface area contributed by atoms with Crippen LogP contribution in [0.3, 0.4) is 0 Å². The molecule has 6 rings (SSSR count). The van der Waals surface area contributed by atoms with Crippen molar-refractivity contribution < 1.29 is 18.7 Å². The molecule has 6 heterocycles. The van der Waals surface area contributed by atoms with Crippen LogP contribution in [-0.4, -0.2) is 63.6 Å². The number of nitrogens with zero attached hydrogens (tertiary/aromatic N) is 8. The molecule has 0 spiro atoms.